The van der Waals surface area contributed by atoms with Gasteiger partial charge in [-0.1, -0.05) is 17.7 Å². The van der Waals surface area contributed by atoms with E-state index in [0.717, 1.165) is 5.56 Å². The third kappa shape index (κ3) is 3.89. The molecular formula is C13H19ClN2O2. The maximum atomic E-state index is 12.0. The number of nitrogens with one attached hydrogen (secondary N) is 1. The van der Waals surface area contributed by atoms with Crippen molar-refractivity contribution in [3.63, 3.8) is 0 Å². The summed E-state index contributed by atoms with van der Waals surface area (Å²) in [4.78, 5) is 13.6. The molecule has 18 heavy (non-hydrogen) atoms. The highest BCUT2D eigenvalue weighted by atomic mass is 35.5. The Morgan fingerprint density at radius 3 is 2.67 bits per heavy atom. The Labute approximate surface area is 113 Å². The molecule has 2 amide bonds. The zero-order chi connectivity index (χ0) is 13.7. The van der Waals surface area contributed by atoms with E-state index in [-0.39, 0.29) is 18.7 Å². The highest BCUT2D eigenvalue weighted by molar-refractivity contribution is 6.31. The molecule has 0 aliphatic rings. The molecule has 0 unspecified atom stereocenters. The number of aliphatic hydroxyl groups excluding tert-OH is 1. The third-order valence-electron chi connectivity index (χ3n) is 2.65. The molecule has 1 rings (SSSR count). The SMILES string of the molecule is Cc1ccc(NC(=O)N(CCO)C(C)C)cc1Cl. The topological polar surface area (TPSA) is 52.6 Å². The number of urea groups is 1. The van der Waals surface area contributed by atoms with Crippen LogP contribution in [-0.2, 0) is 0 Å². The van der Waals surface area contributed by atoms with Gasteiger partial charge in [0, 0.05) is 23.3 Å². The van der Waals surface area contributed by atoms with Gasteiger partial charge in [0.15, 0.2) is 0 Å². The lowest BCUT2D eigenvalue weighted by molar-refractivity contribution is 0.172. The average molecular weight is 271 g/mol. The molecule has 2 N–H and O–H groups in total. The summed E-state index contributed by atoms with van der Waals surface area (Å²) >= 11 is 6.00. The van der Waals surface area contributed by atoms with E-state index in [9.17, 15) is 4.79 Å². The summed E-state index contributed by atoms with van der Waals surface area (Å²) in [5, 5.41) is 12.3. The Kier molecular flexibility index (Phi) is 5.44. The summed E-state index contributed by atoms with van der Waals surface area (Å²) in [6.07, 6.45) is 0. The number of rotatable bonds is 4. The van der Waals surface area contributed by atoms with Gasteiger partial charge in [0.2, 0.25) is 0 Å². The fraction of sp³-hybridized carbons (Fsp3) is 0.462. The first-order valence-electron chi connectivity index (χ1n) is 5.90. The van der Waals surface area contributed by atoms with Crippen LogP contribution in [0.1, 0.15) is 19.4 Å². The van der Waals surface area contributed by atoms with Gasteiger partial charge in [0.25, 0.3) is 0 Å². The van der Waals surface area contributed by atoms with Crippen molar-refractivity contribution in [2.24, 2.45) is 0 Å². The maximum absolute atomic E-state index is 12.0. The summed E-state index contributed by atoms with van der Waals surface area (Å²) in [6, 6.07) is 5.16. The second-order valence-electron chi connectivity index (χ2n) is 4.40. The van der Waals surface area contributed by atoms with E-state index in [1.165, 1.54) is 0 Å². The van der Waals surface area contributed by atoms with E-state index in [1.54, 1.807) is 17.0 Å². The number of aryl methyl sites for hydroxylation is 1. The number of nitrogens with zero attached hydrogens (tertiary/aromatic N) is 1. The van der Waals surface area contributed by atoms with Gasteiger partial charge in [-0.25, -0.2) is 4.79 Å². The standard InChI is InChI=1S/C13H19ClN2O2/c1-9(2)16(6-7-17)13(18)15-11-5-4-10(3)12(14)8-11/h4-5,8-9,17H,6-7H2,1-3H3,(H,15,18). The molecule has 1 aromatic rings. The Balaban J connectivity index is 2.76. The molecule has 0 saturated carbocycles. The summed E-state index contributed by atoms with van der Waals surface area (Å²) in [5.41, 5.74) is 1.62. The minimum absolute atomic E-state index is 0.0260. The first kappa shape index (κ1) is 14.8. The Hall–Kier alpha value is -1.26. The van der Waals surface area contributed by atoms with E-state index in [4.69, 9.17) is 16.7 Å². The highest BCUT2D eigenvalue weighted by Gasteiger charge is 2.16. The Morgan fingerprint density at radius 2 is 2.17 bits per heavy atom. The largest absolute Gasteiger partial charge is 0.395 e. The normalized spacial score (nSPS) is 10.6. The monoisotopic (exact) mass is 270 g/mol. The van der Waals surface area contributed by atoms with Gasteiger partial charge in [0.1, 0.15) is 0 Å². The van der Waals surface area contributed by atoms with Gasteiger partial charge < -0.3 is 15.3 Å². The second kappa shape index (κ2) is 6.61. The number of halogens is 1. The predicted octanol–water partition coefficient (Wildman–Crippen LogP) is 2.88. The van der Waals surface area contributed by atoms with E-state index < -0.39 is 0 Å². The van der Waals surface area contributed by atoms with Crippen molar-refractivity contribution in [2.45, 2.75) is 26.8 Å². The van der Waals surface area contributed by atoms with E-state index in [0.29, 0.717) is 17.3 Å². The van der Waals surface area contributed by atoms with E-state index in [1.807, 2.05) is 26.8 Å². The van der Waals surface area contributed by atoms with Crippen LogP contribution < -0.4 is 5.32 Å². The Morgan fingerprint density at radius 1 is 1.50 bits per heavy atom. The van der Waals surface area contributed by atoms with E-state index >= 15 is 0 Å². The summed E-state index contributed by atoms with van der Waals surface area (Å²) in [6.45, 7) is 5.96. The van der Waals surface area contributed by atoms with Crippen molar-refractivity contribution in [3.8, 4) is 0 Å². The van der Waals surface area contributed by atoms with Gasteiger partial charge in [-0.15, -0.1) is 0 Å². The molecule has 0 bridgehead atoms. The smallest absolute Gasteiger partial charge is 0.322 e. The lowest BCUT2D eigenvalue weighted by atomic mass is 10.2. The number of hydrogen-bond donors (Lipinski definition) is 2. The maximum Gasteiger partial charge on any atom is 0.322 e. The molecule has 0 heterocycles. The van der Waals surface area contributed by atoms with E-state index in [2.05, 4.69) is 5.32 Å². The number of benzene rings is 1. The molecule has 0 saturated heterocycles. The highest BCUT2D eigenvalue weighted by Crippen LogP contribution is 2.20. The molecule has 100 valence electrons. The van der Waals surface area contributed by atoms with Crippen LogP contribution in [0.4, 0.5) is 10.5 Å². The molecule has 0 fully saturated rings. The van der Waals surface area contributed by atoms with Crippen molar-refractivity contribution < 1.29 is 9.90 Å². The van der Waals surface area contributed by atoms with Crippen LogP contribution in [0.2, 0.25) is 5.02 Å². The molecule has 4 nitrogen and oxygen atoms in total. The van der Waals surface area contributed by atoms with Gasteiger partial charge in [0.05, 0.1) is 6.61 Å². The van der Waals surface area contributed by atoms with Crippen LogP contribution in [0.3, 0.4) is 0 Å². The Bertz CT molecular complexity index is 421. The fourth-order valence-corrected chi connectivity index (χ4v) is 1.75. The molecule has 5 heteroatoms. The van der Waals surface area contributed by atoms with Crippen molar-refractivity contribution in [1.29, 1.82) is 0 Å². The number of anilines is 1. The number of carbonyl (C=O) groups is 1. The average Bonchev–Trinajstić information content (AvgIpc) is 2.30. The minimum atomic E-state index is -0.237. The lowest BCUT2D eigenvalue weighted by Crippen LogP contribution is -2.41. The fourth-order valence-electron chi connectivity index (χ4n) is 1.57. The van der Waals surface area contributed by atoms with Crippen molar-refractivity contribution in [3.05, 3.63) is 28.8 Å². The molecule has 0 radical (unpaired) electrons. The first-order chi connectivity index (χ1) is 8.45. The molecule has 0 aromatic heterocycles. The summed E-state index contributed by atoms with van der Waals surface area (Å²) < 4.78 is 0. The molecule has 0 atom stereocenters. The number of amides is 2. The van der Waals surface area contributed by atoms with Crippen molar-refractivity contribution in [2.75, 3.05) is 18.5 Å². The summed E-state index contributed by atoms with van der Waals surface area (Å²) in [5.74, 6) is 0. The van der Waals surface area contributed by atoms with Crippen molar-refractivity contribution >= 4 is 23.3 Å². The molecule has 0 spiro atoms. The van der Waals surface area contributed by atoms with Crippen LogP contribution >= 0.6 is 11.6 Å². The zero-order valence-corrected chi connectivity index (χ0v) is 11.7. The summed E-state index contributed by atoms with van der Waals surface area (Å²) in [7, 11) is 0. The van der Waals surface area contributed by atoms with Gasteiger partial charge >= 0.3 is 6.03 Å². The zero-order valence-electron chi connectivity index (χ0n) is 10.9. The molecule has 1 aromatic carbocycles. The van der Waals surface area contributed by atoms with Crippen LogP contribution in [0.15, 0.2) is 18.2 Å². The predicted molar refractivity (Wildman–Crippen MR) is 74.1 cm³/mol. The molecule has 0 aliphatic carbocycles. The molecule has 0 aliphatic heterocycles. The minimum Gasteiger partial charge on any atom is -0.395 e. The first-order valence-corrected chi connectivity index (χ1v) is 6.28. The van der Waals surface area contributed by atoms with Gasteiger partial charge in [-0.05, 0) is 38.5 Å². The van der Waals surface area contributed by atoms with Crippen LogP contribution in [0, 0.1) is 6.92 Å². The molecular weight excluding hydrogens is 252 g/mol. The van der Waals surface area contributed by atoms with Gasteiger partial charge in [-0.2, -0.15) is 0 Å². The third-order valence-corrected chi connectivity index (χ3v) is 3.06. The van der Waals surface area contributed by atoms with Crippen LogP contribution in [0.5, 0.6) is 0 Å². The second-order valence-corrected chi connectivity index (χ2v) is 4.81. The number of carbonyl (C=O) groups excluding carboxylic acids is 1. The van der Waals surface area contributed by atoms with Crippen molar-refractivity contribution in [1.82, 2.24) is 4.90 Å². The number of hydrogen-bond acceptors (Lipinski definition) is 2. The van der Waals surface area contributed by atoms with Crippen LogP contribution in [-0.4, -0.2) is 35.2 Å². The van der Waals surface area contributed by atoms with Crippen LogP contribution in [0.25, 0.3) is 0 Å². The lowest BCUT2D eigenvalue weighted by Gasteiger charge is -2.26. The quantitative estimate of drug-likeness (QED) is 0.884. The number of aliphatic hydroxyl groups is 1. The van der Waals surface area contributed by atoms with Gasteiger partial charge in [-0.3, -0.25) is 0 Å².